The molecule has 0 bridgehead atoms. The first-order valence-electron chi connectivity index (χ1n) is 3.86. The van der Waals surface area contributed by atoms with Crippen LogP contribution in [-0.2, 0) is 0 Å². The van der Waals surface area contributed by atoms with Gasteiger partial charge in [-0.05, 0) is 18.2 Å². The van der Waals surface area contributed by atoms with E-state index in [1.165, 1.54) is 0 Å². The van der Waals surface area contributed by atoms with Gasteiger partial charge in [0.1, 0.15) is 0 Å². The molecule has 0 amide bonds. The normalized spacial score (nSPS) is 11.5. The summed E-state index contributed by atoms with van der Waals surface area (Å²) in [5, 5.41) is 0.660. The highest BCUT2D eigenvalue weighted by Crippen LogP contribution is 2.17. The number of halogens is 1. The van der Waals surface area contributed by atoms with Crippen LogP contribution in [-0.4, -0.2) is 25.0 Å². The number of rotatable bonds is 1. The van der Waals surface area contributed by atoms with Crippen molar-refractivity contribution in [2.24, 2.45) is 10.7 Å². The zero-order chi connectivity index (χ0) is 9.84. The van der Waals surface area contributed by atoms with Gasteiger partial charge in [-0.1, -0.05) is 17.7 Å². The molecule has 70 valence electrons. The summed E-state index contributed by atoms with van der Waals surface area (Å²) in [6.07, 6.45) is 0. The Hall–Kier alpha value is -1.22. The molecule has 0 spiro atoms. The molecular formula is C9H12ClN3. The van der Waals surface area contributed by atoms with Crippen LogP contribution in [0.1, 0.15) is 0 Å². The molecule has 0 aliphatic rings. The fourth-order valence-electron chi connectivity index (χ4n) is 0.778. The van der Waals surface area contributed by atoms with Crippen LogP contribution in [0.15, 0.2) is 29.3 Å². The molecule has 0 aliphatic carbocycles. The van der Waals surface area contributed by atoms with E-state index >= 15 is 0 Å². The lowest BCUT2D eigenvalue weighted by Gasteiger charge is -2.09. The predicted octanol–water partition coefficient (Wildman–Crippen LogP) is 1.85. The van der Waals surface area contributed by atoms with Gasteiger partial charge in [-0.15, -0.1) is 0 Å². The van der Waals surface area contributed by atoms with Gasteiger partial charge in [0.15, 0.2) is 5.96 Å². The molecule has 3 nitrogen and oxygen atoms in total. The molecule has 0 heterocycles. The Morgan fingerprint density at radius 2 is 2.15 bits per heavy atom. The topological polar surface area (TPSA) is 41.6 Å². The molecule has 13 heavy (non-hydrogen) atoms. The highest BCUT2D eigenvalue weighted by atomic mass is 35.5. The molecule has 0 saturated heterocycles. The van der Waals surface area contributed by atoms with Gasteiger partial charge < -0.3 is 10.6 Å². The van der Waals surface area contributed by atoms with Crippen LogP contribution in [0.4, 0.5) is 5.69 Å². The quantitative estimate of drug-likeness (QED) is 0.552. The fourth-order valence-corrected chi connectivity index (χ4v) is 0.962. The third kappa shape index (κ3) is 2.95. The number of hydrogen-bond acceptors (Lipinski definition) is 1. The van der Waals surface area contributed by atoms with Gasteiger partial charge in [0.2, 0.25) is 0 Å². The van der Waals surface area contributed by atoms with E-state index in [4.69, 9.17) is 17.3 Å². The monoisotopic (exact) mass is 197 g/mol. The van der Waals surface area contributed by atoms with E-state index in [2.05, 4.69) is 4.99 Å². The van der Waals surface area contributed by atoms with Crippen LogP contribution in [0, 0.1) is 0 Å². The van der Waals surface area contributed by atoms with Crippen molar-refractivity contribution < 1.29 is 0 Å². The van der Waals surface area contributed by atoms with E-state index in [-0.39, 0.29) is 0 Å². The molecule has 0 aliphatic heterocycles. The van der Waals surface area contributed by atoms with E-state index in [0.717, 1.165) is 5.69 Å². The summed E-state index contributed by atoms with van der Waals surface area (Å²) in [6.45, 7) is 0. The van der Waals surface area contributed by atoms with Crippen LogP contribution >= 0.6 is 11.6 Å². The third-order valence-electron chi connectivity index (χ3n) is 1.51. The number of nitrogens with zero attached hydrogens (tertiary/aromatic N) is 2. The maximum Gasteiger partial charge on any atom is 0.195 e. The van der Waals surface area contributed by atoms with Crippen molar-refractivity contribution in [3.8, 4) is 0 Å². The van der Waals surface area contributed by atoms with Crippen molar-refractivity contribution in [3.05, 3.63) is 29.3 Å². The second-order valence-electron chi connectivity index (χ2n) is 2.84. The smallest absolute Gasteiger partial charge is 0.195 e. The lowest BCUT2D eigenvalue weighted by molar-refractivity contribution is 0.615. The Morgan fingerprint density at radius 3 is 2.69 bits per heavy atom. The molecule has 0 saturated carbocycles. The first-order valence-corrected chi connectivity index (χ1v) is 4.24. The van der Waals surface area contributed by atoms with E-state index in [0.29, 0.717) is 11.0 Å². The van der Waals surface area contributed by atoms with Gasteiger partial charge in [-0.2, -0.15) is 0 Å². The van der Waals surface area contributed by atoms with Gasteiger partial charge >= 0.3 is 0 Å². The first kappa shape index (κ1) is 9.86. The number of hydrogen-bond donors (Lipinski definition) is 1. The second-order valence-corrected chi connectivity index (χ2v) is 3.28. The van der Waals surface area contributed by atoms with Crippen molar-refractivity contribution in [3.63, 3.8) is 0 Å². The van der Waals surface area contributed by atoms with Gasteiger partial charge in [0, 0.05) is 19.1 Å². The molecular weight excluding hydrogens is 186 g/mol. The zero-order valence-corrected chi connectivity index (χ0v) is 8.42. The summed E-state index contributed by atoms with van der Waals surface area (Å²) < 4.78 is 0. The summed E-state index contributed by atoms with van der Waals surface area (Å²) in [7, 11) is 3.67. The lowest BCUT2D eigenvalue weighted by atomic mass is 10.3. The third-order valence-corrected chi connectivity index (χ3v) is 1.75. The molecule has 1 rings (SSSR count). The summed E-state index contributed by atoms with van der Waals surface area (Å²) >= 11 is 5.78. The van der Waals surface area contributed by atoms with Gasteiger partial charge in [-0.3, -0.25) is 0 Å². The lowest BCUT2D eigenvalue weighted by Crippen LogP contribution is -2.29. The minimum Gasteiger partial charge on any atom is -0.370 e. The van der Waals surface area contributed by atoms with Crippen molar-refractivity contribution in [1.82, 2.24) is 4.90 Å². The van der Waals surface area contributed by atoms with Crippen molar-refractivity contribution in [1.29, 1.82) is 0 Å². The minimum absolute atomic E-state index is 0.460. The number of benzene rings is 1. The Balaban J connectivity index is 2.91. The van der Waals surface area contributed by atoms with Crippen LogP contribution in [0.25, 0.3) is 0 Å². The highest BCUT2D eigenvalue weighted by Gasteiger charge is 1.95. The Kier molecular flexibility index (Phi) is 3.14. The highest BCUT2D eigenvalue weighted by molar-refractivity contribution is 6.30. The first-order chi connectivity index (χ1) is 6.09. The SMILES string of the molecule is CN(C)C(N)=Nc1cccc(Cl)c1. The molecule has 0 fully saturated rings. The Bertz CT molecular complexity index is 320. The van der Waals surface area contributed by atoms with Crippen LogP contribution in [0.5, 0.6) is 0 Å². The van der Waals surface area contributed by atoms with E-state index < -0.39 is 0 Å². The molecule has 0 radical (unpaired) electrons. The van der Waals surface area contributed by atoms with Crippen molar-refractivity contribution in [2.75, 3.05) is 14.1 Å². The Labute approximate surface area is 82.8 Å². The molecule has 0 aromatic heterocycles. The number of guanidine groups is 1. The number of aliphatic imine (C=N–C) groups is 1. The molecule has 4 heteroatoms. The molecule has 1 aromatic rings. The number of nitrogens with two attached hydrogens (primary N) is 1. The minimum atomic E-state index is 0.460. The van der Waals surface area contributed by atoms with E-state index in [1.54, 1.807) is 17.0 Å². The standard InChI is InChI=1S/C9H12ClN3/c1-13(2)9(11)12-8-5-3-4-7(10)6-8/h3-6H,1-2H3,(H2,11,12). The van der Waals surface area contributed by atoms with E-state index in [9.17, 15) is 0 Å². The molecule has 0 atom stereocenters. The summed E-state index contributed by atoms with van der Waals surface area (Å²) in [5.41, 5.74) is 6.39. The summed E-state index contributed by atoms with van der Waals surface area (Å²) in [4.78, 5) is 5.89. The summed E-state index contributed by atoms with van der Waals surface area (Å²) in [5.74, 6) is 0.460. The van der Waals surface area contributed by atoms with Crippen molar-refractivity contribution in [2.45, 2.75) is 0 Å². The Morgan fingerprint density at radius 1 is 1.46 bits per heavy atom. The van der Waals surface area contributed by atoms with Gasteiger partial charge in [0.25, 0.3) is 0 Å². The average molecular weight is 198 g/mol. The average Bonchev–Trinajstić information content (AvgIpc) is 2.04. The van der Waals surface area contributed by atoms with Crippen LogP contribution in [0.2, 0.25) is 5.02 Å². The molecule has 2 N–H and O–H groups in total. The maximum absolute atomic E-state index is 5.78. The second kappa shape index (κ2) is 4.14. The van der Waals surface area contributed by atoms with Gasteiger partial charge in [-0.25, -0.2) is 4.99 Å². The molecule has 0 unspecified atom stereocenters. The van der Waals surface area contributed by atoms with Crippen LogP contribution in [0.3, 0.4) is 0 Å². The summed E-state index contributed by atoms with van der Waals surface area (Å²) in [6, 6.07) is 7.25. The zero-order valence-electron chi connectivity index (χ0n) is 7.66. The molecule has 1 aromatic carbocycles. The maximum atomic E-state index is 5.78. The van der Waals surface area contributed by atoms with Crippen molar-refractivity contribution >= 4 is 23.2 Å². The largest absolute Gasteiger partial charge is 0.370 e. The van der Waals surface area contributed by atoms with E-state index in [1.807, 2.05) is 26.2 Å². The predicted molar refractivity (Wildman–Crippen MR) is 56.4 cm³/mol. The van der Waals surface area contributed by atoms with Crippen LogP contribution < -0.4 is 5.73 Å². The fraction of sp³-hybridized carbons (Fsp3) is 0.222. The van der Waals surface area contributed by atoms with Gasteiger partial charge in [0.05, 0.1) is 5.69 Å².